The van der Waals surface area contributed by atoms with Crippen LogP contribution in [0, 0.1) is 18.3 Å². The van der Waals surface area contributed by atoms with E-state index in [4.69, 9.17) is 5.26 Å². The summed E-state index contributed by atoms with van der Waals surface area (Å²) in [6, 6.07) is 2.44. The van der Waals surface area contributed by atoms with Crippen molar-refractivity contribution >= 4 is 22.4 Å². The third-order valence-electron chi connectivity index (χ3n) is 2.33. The Hall–Kier alpha value is -1.61. The number of hydrogen-bond donors (Lipinski definition) is 2. The van der Waals surface area contributed by atoms with Gasteiger partial charge in [0.15, 0.2) is 0 Å². The number of aryl methyl sites for hydroxylation is 1. The van der Waals surface area contributed by atoms with E-state index in [-0.39, 0.29) is 12.5 Å². The highest BCUT2D eigenvalue weighted by molar-refractivity contribution is 7.10. The highest BCUT2D eigenvalue weighted by Crippen LogP contribution is 2.23. The molecule has 1 aromatic rings. The van der Waals surface area contributed by atoms with Crippen molar-refractivity contribution in [1.29, 1.82) is 5.26 Å². The van der Waals surface area contributed by atoms with E-state index in [1.54, 1.807) is 6.92 Å². The molecule has 1 aromatic heterocycles. The van der Waals surface area contributed by atoms with E-state index in [2.05, 4.69) is 21.1 Å². The zero-order valence-electron chi connectivity index (χ0n) is 8.91. The molecule has 0 aliphatic heterocycles. The first kappa shape index (κ1) is 10.9. The third kappa shape index (κ3) is 2.49. The zero-order chi connectivity index (χ0) is 11.5. The summed E-state index contributed by atoms with van der Waals surface area (Å²) < 4.78 is 4.06. The van der Waals surface area contributed by atoms with Crippen LogP contribution in [0.4, 0.5) is 5.00 Å². The van der Waals surface area contributed by atoms with Gasteiger partial charge >= 0.3 is 0 Å². The van der Waals surface area contributed by atoms with Gasteiger partial charge in [-0.15, -0.1) is 0 Å². The lowest BCUT2D eigenvalue weighted by Crippen LogP contribution is -2.31. The Bertz CT molecular complexity index is 444. The molecule has 5 nitrogen and oxygen atoms in total. The van der Waals surface area contributed by atoms with Crippen molar-refractivity contribution in [2.24, 2.45) is 0 Å². The minimum Gasteiger partial charge on any atom is -0.366 e. The van der Waals surface area contributed by atoms with Crippen molar-refractivity contribution in [2.75, 3.05) is 11.9 Å². The molecule has 0 aromatic carbocycles. The molecule has 0 atom stereocenters. The Labute approximate surface area is 97.6 Å². The molecule has 84 valence electrons. The average molecular weight is 236 g/mol. The first-order valence-corrected chi connectivity index (χ1v) is 5.87. The molecule has 0 radical (unpaired) electrons. The van der Waals surface area contributed by atoms with Crippen molar-refractivity contribution in [3.63, 3.8) is 0 Å². The minimum absolute atomic E-state index is 0.0301. The van der Waals surface area contributed by atoms with Crippen LogP contribution in [-0.4, -0.2) is 22.9 Å². The summed E-state index contributed by atoms with van der Waals surface area (Å²) in [6.07, 6.45) is 2.16. The maximum absolute atomic E-state index is 11.4. The number of nitriles is 1. The highest BCUT2D eigenvalue weighted by atomic mass is 32.1. The molecule has 0 spiro atoms. The SMILES string of the molecule is Cc1nsc(NCC(=O)NC2CC2)c1C#N. The summed E-state index contributed by atoms with van der Waals surface area (Å²) in [7, 11) is 0. The van der Waals surface area contributed by atoms with Crippen LogP contribution in [0.5, 0.6) is 0 Å². The standard InChI is InChI=1S/C10H12N4OS/c1-6-8(4-11)10(16-14-6)12-5-9(15)13-7-2-3-7/h7,12H,2-3,5H2,1H3,(H,13,15). The third-order valence-corrected chi connectivity index (χ3v) is 3.22. The molecule has 1 saturated carbocycles. The van der Waals surface area contributed by atoms with Gasteiger partial charge in [0.1, 0.15) is 16.6 Å². The maximum atomic E-state index is 11.4. The predicted molar refractivity (Wildman–Crippen MR) is 61.2 cm³/mol. The Kier molecular flexibility index (Phi) is 3.06. The summed E-state index contributed by atoms with van der Waals surface area (Å²) in [5.41, 5.74) is 1.24. The van der Waals surface area contributed by atoms with Gasteiger partial charge < -0.3 is 10.6 Å². The van der Waals surface area contributed by atoms with E-state index in [0.717, 1.165) is 12.8 Å². The molecule has 0 saturated heterocycles. The van der Waals surface area contributed by atoms with Crippen LogP contribution in [0.1, 0.15) is 24.1 Å². The van der Waals surface area contributed by atoms with Gasteiger partial charge in [0.25, 0.3) is 0 Å². The Balaban J connectivity index is 1.88. The molecule has 2 N–H and O–H groups in total. The summed E-state index contributed by atoms with van der Waals surface area (Å²) in [6.45, 7) is 1.98. The van der Waals surface area contributed by atoms with E-state index in [1.165, 1.54) is 11.5 Å². The van der Waals surface area contributed by atoms with E-state index < -0.39 is 0 Å². The molecule has 1 fully saturated rings. The molecular formula is C10H12N4OS. The summed E-state index contributed by atoms with van der Waals surface area (Å²) in [5.74, 6) is -0.0301. The number of amides is 1. The molecule has 16 heavy (non-hydrogen) atoms. The van der Waals surface area contributed by atoms with Gasteiger partial charge in [-0.05, 0) is 31.3 Å². The molecule has 1 amide bonds. The second kappa shape index (κ2) is 4.49. The van der Waals surface area contributed by atoms with Crippen molar-refractivity contribution in [3.05, 3.63) is 11.3 Å². The molecule has 1 aliphatic carbocycles. The second-order valence-corrected chi connectivity index (χ2v) is 4.55. The number of hydrogen-bond acceptors (Lipinski definition) is 5. The lowest BCUT2D eigenvalue weighted by molar-refractivity contribution is -0.119. The van der Waals surface area contributed by atoms with Gasteiger partial charge in [0.2, 0.25) is 5.91 Å². The fourth-order valence-corrected chi connectivity index (χ4v) is 2.03. The topological polar surface area (TPSA) is 77.8 Å². The Morgan fingerprint density at radius 1 is 1.69 bits per heavy atom. The Morgan fingerprint density at radius 2 is 2.44 bits per heavy atom. The maximum Gasteiger partial charge on any atom is 0.239 e. The lowest BCUT2D eigenvalue weighted by atomic mass is 10.3. The zero-order valence-corrected chi connectivity index (χ0v) is 9.73. The molecule has 6 heteroatoms. The lowest BCUT2D eigenvalue weighted by Gasteiger charge is -2.04. The van der Waals surface area contributed by atoms with E-state index >= 15 is 0 Å². The fourth-order valence-electron chi connectivity index (χ4n) is 1.29. The van der Waals surface area contributed by atoms with Crippen molar-refractivity contribution < 1.29 is 4.79 Å². The van der Waals surface area contributed by atoms with Crippen LogP contribution < -0.4 is 10.6 Å². The van der Waals surface area contributed by atoms with Crippen molar-refractivity contribution in [3.8, 4) is 6.07 Å². The number of carbonyl (C=O) groups is 1. The van der Waals surface area contributed by atoms with Gasteiger partial charge in [-0.3, -0.25) is 4.79 Å². The summed E-state index contributed by atoms with van der Waals surface area (Å²) in [4.78, 5) is 11.4. The number of anilines is 1. The Morgan fingerprint density at radius 3 is 3.06 bits per heavy atom. The number of nitrogens with one attached hydrogen (secondary N) is 2. The van der Waals surface area contributed by atoms with Crippen LogP contribution in [0.2, 0.25) is 0 Å². The minimum atomic E-state index is -0.0301. The first-order valence-electron chi connectivity index (χ1n) is 5.10. The number of carbonyl (C=O) groups excluding carboxylic acids is 1. The average Bonchev–Trinajstić information content (AvgIpc) is 2.98. The molecule has 0 unspecified atom stereocenters. The summed E-state index contributed by atoms with van der Waals surface area (Å²) in [5, 5.41) is 15.4. The van der Waals surface area contributed by atoms with Gasteiger partial charge in [-0.1, -0.05) is 0 Å². The smallest absolute Gasteiger partial charge is 0.239 e. The van der Waals surface area contributed by atoms with Gasteiger partial charge in [0.05, 0.1) is 12.2 Å². The van der Waals surface area contributed by atoms with E-state index in [0.29, 0.717) is 22.3 Å². The van der Waals surface area contributed by atoms with E-state index in [1.807, 2.05) is 0 Å². The summed E-state index contributed by atoms with van der Waals surface area (Å²) >= 11 is 1.21. The number of aromatic nitrogens is 1. The van der Waals surface area contributed by atoms with Gasteiger partial charge in [-0.25, -0.2) is 0 Å². The first-order chi connectivity index (χ1) is 7.70. The molecule has 0 bridgehead atoms. The molecular weight excluding hydrogens is 224 g/mol. The predicted octanol–water partition coefficient (Wildman–Crippen LogP) is 1.01. The largest absolute Gasteiger partial charge is 0.366 e. The molecule has 1 heterocycles. The van der Waals surface area contributed by atoms with Crippen LogP contribution in [0.15, 0.2) is 0 Å². The molecule has 1 aliphatic rings. The van der Waals surface area contributed by atoms with Crippen molar-refractivity contribution in [2.45, 2.75) is 25.8 Å². The van der Waals surface area contributed by atoms with Crippen molar-refractivity contribution in [1.82, 2.24) is 9.69 Å². The quantitative estimate of drug-likeness (QED) is 0.818. The highest BCUT2D eigenvalue weighted by Gasteiger charge is 2.23. The number of nitrogens with zero attached hydrogens (tertiary/aromatic N) is 2. The van der Waals surface area contributed by atoms with Crippen LogP contribution in [0.25, 0.3) is 0 Å². The van der Waals surface area contributed by atoms with Gasteiger partial charge in [0, 0.05) is 6.04 Å². The molecule has 2 rings (SSSR count). The van der Waals surface area contributed by atoms with E-state index in [9.17, 15) is 4.79 Å². The van der Waals surface area contributed by atoms with Crippen LogP contribution in [0.3, 0.4) is 0 Å². The van der Waals surface area contributed by atoms with Crippen LogP contribution in [-0.2, 0) is 4.79 Å². The van der Waals surface area contributed by atoms with Crippen LogP contribution >= 0.6 is 11.5 Å². The monoisotopic (exact) mass is 236 g/mol. The van der Waals surface area contributed by atoms with Gasteiger partial charge in [-0.2, -0.15) is 9.64 Å². The normalized spacial score (nSPS) is 14.2. The second-order valence-electron chi connectivity index (χ2n) is 3.78. The fraction of sp³-hybridized carbons (Fsp3) is 0.500. The number of rotatable bonds is 4.